The topological polar surface area (TPSA) is 35.6 Å². The zero-order valence-corrected chi connectivity index (χ0v) is 28.7. The Hall–Kier alpha value is -7.17. The summed E-state index contributed by atoms with van der Waals surface area (Å²) in [5.41, 5.74) is -15.0. The normalized spacial score (nSPS) is 12.2. The standard InChI is InChI=1S/C42H13F13N4/c43-24-20(22-25(44)28(47)30(49)29(48)26(22)45)13-21-23(27(24)46)38-34(53)42-19-12-6-5-11-18(19)40(59(42)55)32(51)36-15-8-2-1-7-14(15)35(56-36)31(50)39-16-9-3-4-10-17(16)41(58(39)54)33(52)37(21)57-38/h1-13H. The summed E-state index contributed by atoms with van der Waals surface area (Å²) in [6, 6.07) is 15.3. The Balaban J connectivity index is 1.49. The highest BCUT2D eigenvalue weighted by atomic mass is 19.2. The molecule has 0 spiro atoms. The predicted molar refractivity (Wildman–Crippen MR) is 190 cm³/mol. The SMILES string of the molecule is Fc1c(-c2c(F)c(F)c(F)c(F)c2F)cc2c(c1F)-c1nc-2c(F)c2c3ccccc3c(c(F)c3nc(c(F)c4c5ccccc5c(c1F)n4F)-c1ccccc1-3)n2F. The van der Waals surface area contributed by atoms with Gasteiger partial charge in [0.15, 0.2) is 58.2 Å². The number of aromatic nitrogens is 4. The minimum Gasteiger partial charge on any atom is -0.241 e. The third-order valence-corrected chi connectivity index (χ3v) is 10.4. The van der Waals surface area contributed by atoms with Crippen LogP contribution in [0, 0.1) is 64.0 Å². The smallest absolute Gasteiger partial charge is 0.200 e. The van der Waals surface area contributed by atoms with Crippen molar-refractivity contribution >= 4 is 43.6 Å². The number of nitrogens with zero attached hydrogens (tertiary/aromatic N) is 4. The van der Waals surface area contributed by atoms with Gasteiger partial charge < -0.3 is 0 Å². The largest absolute Gasteiger partial charge is 0.241 e. The van der Waals surface area contributed by atoms with Gasteiger partial charge in [-0.25, -0.2) is 58.3 Å². The van der Waals surface area contributed by atoms with Crippen LogP contribution in [-0.2, 0) is 0 Å². The van der Waals surface area contributed by atoms with E-state index in [4.69, 9.17) is 0 Å². The fourth-order valence-electron chi connectivity index (χ4n) is 7.79. The van der Waals surface area contributed by atoms with Gasteiger partial charge in [-0.1, -0.05) is 81.8 Å². The Morgan fingerprint density at radius 3 is 1.05 bits per heavy atom. The second kappa shape index (κ2) is 12.4. The summed E-state index contributed by atoms with van der Waals surface area (Å²) in [4.78, 5) is 6.84. The van der Waals surface area contributed by atoms with E-state index in [2.05, 4.69) is 9.97 Å². The lowest BCUT2D eigenvalue weighted by atomic mass is 9.94. The first-order chi connectivity index (χ1) is 28.2. The average Bonchev–Trinajstić information content (AvgIpc) is 3.97. The highest BCUT2D eigenvalue weighted by Gasteiger charge is 2.37. The molecule has 5 heterocycles. The van der Waals surface area contributed by atoms with Crippen molar-refractivity contribution in [1.29, 1.82) is 0 Å². The van der Waals surface area contributed by atoms with Gasteiger partial charge in [0.05, 0.1) is 11.1 Å². The van der Waals surface area contributed by atoms with E-state index in [9.17, 15) is 13.2 Å². The highest BCUT2D eigenvalue weighted by molar-refractivity contribution is 6.11. The lowest BCUT2D eigenvalue weighted by Crippen LogP contribution is -2.06. The molecule has 0 N–H and O–H groups in total. The van der Waals surface area contributed by atoms with Gasteiger partial charge in [-0.15, -0.1) is 0 Å². The molecule has 292 valence electrons. The number of rotatable bonds is 1. The third-order valence-electron chi connectivity index (χ3n) is 10.4. The van der Waals surface area contributed by atoms with Gasteiger partial charge in [-0.2, -0.15) is 9.58 Å². The van der Waals surface area contributed by atoms with Crippen molar-refractivity contribution in [1.82, 2.24) is 19.5 Å². The number of hydrogen-bond donors (Lipinski definition) is 0. The van der Waals surface area contributed by atoms with Gasteiger partial charge in [0.25, 0.3) is 0 Å². The summed E-state index contributed by atoms with van der Waals surface area (Å²) in [6.07, 6.45) is 0. The van der Waals surface area contributed by atoms with Crippen molar-refractivity contribution in [2.75, 3.05) is 0 Å². The summed E-state index contributed by atoms with van der Waals surface area (Å²) in [5, 5.41) is -1.54. The number of halogens is 13. The number of fused-ring (bicyclic) bond motifs is 20. The van der Waals surface area contributed by atoms with E-state index in [1.807, 2.05) is 0 Å². The molecule has 59 heavy (non-hydrogen) atoms. The van der Waals surface area contributed by atoms with Crippen molar-refractivity contribution in [3.63, 3.8) is 0 Å². The maximum absolute atomic E-state index is 17.3. The molecule has 10 rings (SSSR count). The van der Waals surface area contributed by atoms with Gasteiger partial charge in [0, 0.05) is 43.8 Å². The Kier molecular flexibility index (Phi) is 7.61. The molecule has 0 aliphatic carbocycles. The summed E-state index contributed by atoms with van der Waals surface area (Å²) in [6.45, 7) is 0. The molecule has 8 aromatic rings. The van der Waals surface area contributed by atoms with Crippen LogP contribution in [0.3, 0.4) is 0 Å². The Labute approximate surface area is 319 Å². The molecule has 0 saturated carbocycles. The van der Waals surface area contributed by atoms with Gasteiger partial charge in [-0.3, -0.25) is 0 Å². The van der Waals surface area contributed by atoms with Crippen molar-refractivity contribution in [2.45, 2.75) is 0 Å². The molecule has 0 amide bonds. The van der Waals surface area contributed by atoms with E-state index >= 15 is 44.1 Å². The van der Waals surface area contributed by atoms with Crippen molar-refractivity contribution in [3.05, 3.63) is 143 Å². The summed E-state index contributed by atoms with van der Waals surface area (Å²) in [5.74, 6) is -24.5. The molecule has 0 fully saturated rings. The van der Waals surface area contributed by atoms with Crippen LogP contribution in [0.1, 0.15) is 0 Å². The van der Waals surface area contributed by atoms with Gasteiger partial charge in [0.2, 0.25) is 5.82 Å². The average molecular weight is 821 g/mol. The summed E-state index contributed by atoms with van der Waals surface area (Å²) in [7, 11) is 0. The Bertz CT molecular complexity index is 3420. The van der Waals surface area contributed by atoms with Crippen molar-refractivity contribution in [2.24, 2.45) is 0 Å². The molecule has 0 saturated heterocycles. The van der Waals surface area contributed by atoms with Crippen LogP contribution in [0.25, 0.3) is 99.8 Å². The molecule has 2 aliphatic heterocycles. The van der Waals surface area contributed by atoms with Crippen LogP contribution in [0.2, 0.25) is 0 Å². The van der Waals surface area contributed by atoms with E-state index in [0.29, 0.717) is 0 Å². The van der Waals surface area contributed by atoms with Gasteiger partial charge >= 0.3 is 0 Å². The van der Waals surface area contributed by atoms with Gasteiger partial charge in [0.1, 0.15) is 44.8 Å². The first kappa shape index (κ1) is 36.2. The lowest BCUT2D eigenvalue weighted by Gasteiger charge is -2.13. The fourth-order valence-corrected chi connectivity index (χ4v) is 7.79. The molecule has 0 atom stereocenters. The second-order valence-corrected chi connectivity index (χ2v) is 13.4. The zero-order chi connectivity index (χ0) is 41.5. The third kappa shape index (κ3) is 4.63. The molecule has 5 aromatic carbocycles. The molecule has 2 aliphatic rings. The molecule has 3 aromatic heterocycles. The molecule has 8 bridgehead atoms. The van der Waals surface area contributed by atoms with Crippen molar-refractivity contribution in [3.8, 4) is 56.2 Å². The molecule has 0 radical (unpaired) electrons. The predicted octanol–water partition coefficient (Wildman–Crippen LogP) is 12.9. The lowest BCUT2D eigenvalue weighted by molar-refractivity contribution is 0.380. The number of hydrogen-bond acceptors (Lipinski definition) is 2. The Morgan fingerprint density at radius 1 is 0.305 bits per heavy atom. The first-order valence-corrected chi connectivity index (χ1v) is 17.0. The van der Waals surface area contributed by atoms with E-state index in [1.54, 1.807) is 0 Å². The maximum atomic E-state index is 17.3. The monoisotopic (exact) mass is 820 g/mol. The molecule has 4 nitrogen and oxygen atoms in total. The molecular formula is C42H13F13N4. The van der Waals surface area contributed by atoms with E-state index in [-0.39, 0.29) is 28.0 Å². The second-order valence-electron chi connectivity index (χ2n) is 13.4. The van der Waals surface area contributed by atoms with E-state index < -0.39 is 151 Å². The van der Waals surface area contributed by atoms with Crippen LogP contribution < -0.4 is 0 Å². The van der Waals surface area contributed by atoms with Crippen LogP contribution in [0.15, 0.2) is 78.9 Å². The molecular weight excluding hydrogens is 807 g/mol. The van der Waals surface area contributed by atoms with Crippen molar-refractivity contribution < 1.29 is 57.3 Å². The van der Waals surface area contributed by atoms with Crippen LogP contribution in [0.5, 0.6) is 0 Å². The first-order valence-electron chi connectivity index (χ1n) is 17.0. The quantitative estimate of drug-likeness (QED) is 0.0939. The zero-order valence-electron chi connectivity index (χ0n) is 28.7. The molecule has 0 unspecified atom stereocenters. The van der Waals surface area contributed by atoms with E-state index in [1.165, 1.54) is 48.5 Å². The number of benzene rings is 5. The summed E-state index contributed by atoms with van der Waals surface area (Å²) >= 11 is 0. The van der Waals surface area contributed by atoms with Crippen LogP contribution >= 0.6 is 0 Å². The van der Waals surface area contributed by atoms with E-state index in [0.717, 1.165) is 24.3 Å². The van der Waals surface area contributed by atoms with Gasteiger partial charge in [-0.05, 0) is 6.07 Å². The summed E-state index contributed by atoms with van der Waals surface area (Å²) < 4.78 is 207. The Morgan fingerprint density at radius 2 is 0.627 bits per heavy atom. The maximum Gasteiger partial charge on any atom is 0.200 e. The minimum atomic E-state index is -2.66. The minimum absolute atomic E-state index is 0.106. The van der Waals surface area contributed by atoms with Crippen LogP contribution in [0.4, 0.5) is 57.3 Å². The molecule has 17 heteroatoms. The fraction of sp³-hybridized carbons (Fsp3) is 0. The highest BCUT2D eigenvalue weighted by Crippen LogP contribution is 2.48. The van der Waals surface area contributed by atoms with Crippen LogP contribution in [-0.4, -0.2) is 19.5 Å².